The molecule has 0 N–H and O–H groups in total. The monoisotopic (exact) mass is 258 g/mol. The average molecular weight is 259 g/mol. The van der Waals surface area contributed by atoms with Crippen molar-refractivity contribution in [1.29, 1.82) is 0 Å². The van der Waals surface area contributed by atoms with Gasteiger partial charge in [0.2, 0.25) is 0 Å². The summed E-state index contributed by atoms with van der Waals surface area (Å²) in [7, 11) is 0. The largest absolute Gasteiger partial charge is 0.336 e. The number of unbranched alkanes of at least 4 members (excludes halogenated alkanes) is 3. The topological polar surface area (TPSA) is 17.8 Å². The van der Waals surface area contributed by atoms with Gasteiger partial charge in [-0.15, -0.1) is 0 Å². The maximum Gasteiger partial charge on any atom is 0.0946 e. The molecule has 0 bridgehead atoms. The number of alkyl halides is 1. The number of halogens is 1. The Kier molecular flexibility index (Phi) is 5.92. The average Bonchev–Trinajstić information content (AvgIpc) is 2.65. The van der Waals surface area contributed by atoms with E-state index >= 15 is 0 Å². The van der Waals surface area contributed by atoms with E-state index in [0.717, 1.165) is 6.54 Å². The van der Waals surface area contributed by atoms with Gasteiger partial charge >= 0.3 is 0 Å². The van der Waals surface area contributed by atoms with E-state index in [2.05, 4.69) is 32.4 Å². The normalized spacial score (nSPS) is 13.0. The van der Waals surface area contributed by atoms with Crippen LogP contribution in [0.15, 0.2) is 18.7 Å². The lowest BCUT2D eigenvalue weighted by atomic mass is 10.1. The van der Waals surface area contributed by atoms with Gasteiger partial charge in [-0.1, -0.05) is 48.5 Å². The zero-order chi connectivity index (χ0) is 10.2. The van der Waals surface area contributed by atoms with Gasteiger partial charge in [-0.2, -0.15) is 0 Å². The fraction of sp³-hybridized carbons (Fsp3) is 0.727. The number of hydrogen-bond acceptors (Lipinski definition) is 1. The predicted molar refractivity (Wildman–Crippen MR) is 63.7 cm³/mol. The van der Waals surface area contributed by atoms with Crippen molar-refractivity contribution >= 4 is 15.9 Å². The zero-order valence-electron chi connectivity index (χ0n) is 8.82. The van der Waals surface area contributed by atoms with Crippen LogP contribution >= 0.6 is 15.9 Å². The number of rotatable bonds is 7. The van der Waals surface area contributed by atoms with Gasteiger partial charge in [0.25, 0.3) is 0 Å². The molecule has 1 aromatic rings. The Morgan fingerprint density at radius 3 is 2.86 bits per heavy atom. The summed E-state index contributed by atoms with van der Waals surface area (Å²) >= 11 is 3.70. The van der Waals surface area contributed by atoms with Crippen molar-refractivity contribution in [3.63, 3.8) is 0 Å². The van der Waals surface area contributed by atoms with Crippen molar-refractivity contribution in [2.24, 2.45) is 0 Å². The van der Waals surface area contributed by atoms with Crippen LogP contribution in [0.2, 0.25) is 0 Å². The van der Waals surface area contributed by atoms with Crippen molar-refractivity contribution in [2.75, 3.05) is 0 Å². The fourth-order valence-electron chi connectivity index (χ4n) is 1.51. The molecule has 3 heteroatoms. The molecular formula is C11H19BrN2. The summed E-state index contributed by atoms with van der Waals surface area (Å²) in [5.41, 5.74) is 0. The molecule has 0 amide bonds. The highest BCUT2D eigenvalue weighted by molar-refractivity contribution is 9.09. The van der Waals surface area contributed by atoms with E-state index < -0.39 is 0 Å². The molecule has 0 fully saturated rings. The van der Waals surface area contributed by atoms with Crippen molar-refractivity contribution < 1.29 is 0 Å². The van der Waals surface area contributed by atoms with Crippen LogP contribution in [0.5, 0.6) is 0 Å². The Morgan fingerprint density at radius 1 is 1.36 bits per heavy atom. The number of imidazole rings is 1. The molecular weight excluding hydrogens is 240 g/mol. The maximum absolute atomic E-state index is 4.03. The summed E-state index contributed by atoms with van der Waals surface area (Å²) < 4.78 is 2.12. The van der Waals surface area contributed by atoms with E-state index in [0.29, 0.717) is 4.83 Å². The van der Waals surface area contributed by atoms with Gasteiger partial charge in [-0.3, -0.25) is 0 Å². The first-order valence-electron chi connectivity index (χ1n) is 5.42. The fourth-order valence-corrected chi connectivity index (χ4v) is 2.17. The third-order valence-electron chi connectivity index (χ3n) is 2.34. The minimum atomic E-state index is 0.591. The van der Waals surface area contributed by atoms with E-state index in [1.807, 2.05) is 18.7 Å². The molecule has 0 saturated heterocycles. The van der Waals surface area contributed by atoms with Crippen LogP contribution in [0.1, 0.15) is 39.0 Å². The molecule has 1 aromatic heterocycles. The maximum atomic E-state index is 4.03. The standard InChI is InChI=1S/C11H19BrN2/c1-2-3-4-5-6-11(12)9-14-8-7-13-10-14/h7-8,10-11H,2-6,9H2,1H3. The van der Waals surface area contributed by atoms with Gasteiger partial charge in [-0.05, 0) is 6.42 Å². The second-order valence-corrected chi connectivity index (χ2v) is 5.00. The minimum absolute atomic E-state index is 0.591. The highest BCUT2D eigenvalue weighted by Crippen LogP contribution is 2.13. The van der Waals surface area contributed by atoms with Crippen molar-refractivity contribution in [3.8, 4) is 0 Å². The Bertz CT molecular complexity index is 221. The van der Waals surface area contributed by atoms with Crippen LogP contribution in [0.3, 0.4) is 0 Å². The first-order valence-corrected chi connectivity index (χ1v) is 6.34. The molecule has 2 nitrogen and oxygen atoms in total. The summed E-state index contributed by atoms with van der Waals surface area (Å²) in [6.45, 7) is 3.28. The van der Waals surface area contributed by atoms with Gasteiger partial charge in [0.15, 0.2) is 0 Å². The molecule has 14 heavy (non-hydrogen) atoms. The van der Waals surface area contributed by atoms with Crippen molar-refractivity contribution in [3.05, 3.63) is 18.7 Å². The smallest absolute Gasteiger partial charge is 0.0946 e. The van der Waals surface area contributed by atoms with E-state index in [4.69, 9.17) is 0 Å². The molecule has 80 valence electrons. The van der Waals surface area contributed by atoms with Crippen LogP contribution < -0.4 is 0 Å². The Balaban J connectivity index is 2.07. The van der Waals surface area contributed by atoms with E-state index in [1.165, 1.54) is 32.1 Å². The quantitative estimate of drug-likeness (QED) is 0.540. The Labute approximate surface area is 94.9 Å². The molecule has 0 aliphatic heterocycles. The predicted octanol–water partition coefficient (Wildman–Crippen LogP) is 3.62. The molecule has 1 rings (SSSR count). The van der Waals surface area contributed by atoms with Crippen LogP contribution in [0, 0.1) is 0 Å². The Morgan fingerprint density at radius 2 is 2.21 bits per heavy atom. The van der Waals surface area contributed by atoms with Crippen molar-refractivity contribution in [2.45, 2.75) is 50.4 Å². The third kappa shape index (κ3) is 4.80. The molecule has 0 spiro atoms. The van der Waals surface area contributed by atoms with Crippen LogP contribution in [-0.4, -0.2) is 14.4 Å². The molecule has 0 saturated carbocycles. The first kappa shape index (κ1) is 11.8. The SMILES string of the molecule is CCCCCCC(Br)Cn1ccnc1. The molecule has 0 radical (unpaired) electrons. The van der Waals surface area contributed by atoms with E-state index in [-0.39, 0.29) is 0 Å². The molecule has 1 unspecified atom stereocenters. The van der Waals surface area contributed by atoms with Crippen LogP contribution in [-0.2, 0) is 6.54 Å². The minimum Gasteiger partial charge on any atom is -0.336 e. The van der Waals surface area contributed by atoms with Crippen LogP contribution in [0.4, 0.5) is 0 Å². The first-order chi connectivity index (χ1) is 6.83. The summed E-state index contributed by atoms with van der Waals surface area (Å²) in [5, 5.41) is 0. The summed E-state index contributed by atoms with van der Waals surface area (Å²) in [5.74, 6) is 0. The lowest BCUT2D eigenvalue weighted by molar-refractivity contribution is 0.575. The second-order valence-electron chi connectivity index (χ2n) is 3.71. The molecule has 0 aliphatic rings. The molecule has 0 aliphatic carbocycles. The zero-order valence-corrected chi connectivity index (χ0v) is 10.4. The van der Waals surface area contributed by atoms with E-state index in [9.17, 15) is 0 Å². The van der Waals surface area contributed by atoms with Crippen LogP contribution in [0.25, 0.3) is 0 Å². The summed E-state index contributed by atoms with van der Waals surface area (Å²) in [6.07, 6.45) is 12.4. The van der Waals surface area contributed by atoms with Gasteiger partial charge in [-0.25, -0.2) is 4.98 Å². The van der Waals surface area contributed by atoms with Crippen molar-refractivity contribution in [1.82, 2.24) is 9.55 Å². The van der Waals surface area contributed by atoms with Gasteiger partial charge in [0, 0.05) is 23.8 Å². The second kappa shape index (κ2) is 7.04. The lowest BCUT2D eigenvalue weighted by Crippen LogP contribution is -2.08. The van der Waals surface area contributed by atoms with Gasteiger partial charge < -0.3 is 4.57 Å². The summed E-state index contributed by atoms with van der Waals surface area (Å²) in [4.78, 5) is 4.62. The third-order valence-corrected chi connectivity index (χ3v) is 3.09. The molecule has 1 heterocycles. The number of nitrogens with zero attached hydrogens (tertiary/aromatic N) is 2. The van der Waals surface area contributed by atoms with Gasteiger partial charge in [0.1, 0.15) is 0 Å². The van der Waals surface area contributed by atoms with E-state index in [1.54, 1.807) is 0 Å². The number of aromatic nitrogens is 2. The van der Waals surface area contributed by atoms with Gasteiger partial charge in [0.05, 0.1) is 6.33 Å². The highest BCUT2D eigenvalue weighted by Gasteiger charge is 2.03. The Hall–Kier alpha value is -0.310. The summed E-state index contributed by atoms with van der Waals surface area (Å²) in [6, 6.07) is 0. The molecule has 1 atom stereocenters. The molecule has 0 aromatic carbocycles. The lowest BCUT2D eigenvalue weighted by Gasteiger charge is -2.09. The number of hydrogen-bond donors (Lipinski definition) is 0. The highest BCUT2D eigenvalue weighted by atomic mass is 79.9.